The molecule has 1 saturated carbocycles. The summed E-state index contributed by atoms with van der Waals surface area (Å²) in [6.45, 7) is 4.21. The second-order valence-electron chi connectivity index (χ2n) is 6.60. The number of fused-ring (bicyclic) bond motifs is 1. The van der Waals surface area contributed by atoms with Gasteiger partial charge >= 0.3 is 0 Å². The number of hydrogen-bond donors (Lipinski definition) is 1. The Kier molecular flexibility index (Phi) is 5.23. The number of nitrogens with zero attached hydrogens (tertiary/aromatic N) is 3. The van der Waals surface area contributed by atoms with Crippen molar-refractivity contribution in [3.63, 3.8) is 0 Å². The molecule has 1 aromatic carbocycles. The molecule has 0 spiro atoms. The quantitative estimate of drug-likeness (QED) is 0.661. The number of benzene rings is 1. The summed E-state index contributed by atoms with van der Waals surface area (Å²) in [7, 11) is 0. The fourth-order valence-corrected chi connectivity index (χ4v) is 7.35. The SMILES string of the molecule is CCCSC1(SCCC)N=C(N)C2(C#N)C(c3ccc(Cl)cc3)C12C#N. The van der Waals surface area contributed by atoms with Crippen LogP contribution in [0.5, 0.6) is 0 Å². The number of rotatable bonds is 7. The molecule has 1 heterocycles. The predicted molar refractivity (Wildman–Crippen MR) is 110 cm³/mol. The van der Waals surface area contributed by atoms with Crippen LogP contribution in [0.15, 0.2) is 29.3 Å². The highest BCUT2D eigenvalue weighted by atomic mass is 35.5. The summed E-state index contributed by atoms with van der Waals surface area (Å²) in [4.78, 5) is 4.75. The minimum absolute atomic E-state index is 0.284. The van der Waals surface area contributed by atoms with Crippen LogP contribution in [-0.4, -0.2) is 21.5 Å². The Balaban J connectivity index is 2.15. The lowest BCUT2D eigenvalue weighted by Gasteiger charge is -2.32. The van der Waals surface area contributed by atoms with E-state index in [9.17, 15) is 10.5 Å². The first-order chi connectivity index (χ1) is 12.5. The van der Waals surface area contributed by atoms with Crippen LogP contribution in [0.2, 0.25) is 5.02 Å². The molecule has 1 aliphatic heterocycles. The van der Waals surface area contributed by atoms with Crippen LogP contribution in [-0.2, 0) is 0 Å². The van der Waals surface area contributed by atoms with Gasteiger partial charge in [0, 0.05) is 10.9 Å². The van der Waals surface area contributed by atoms with Gasteiger partial charge in [0.25, 0.3) is 0 Å². The number of aliphatic imine (C=N–C) groups is 1. The van der Waals surface area contributed by atoms with Gasteiger partial charge in [0.05, 0.1) is 12.1 Å². The minimum Gasteiger partial charge on any atom is -0.386 e. The van der Waals surface area contributed by atoms with Gasteiger partial charge in [0.1, 0.15) is 16.7 Å². The zero-order valence-corrected chi connectivity index (χ0v) is 17.2. The maximum atomic E-state index is 10.3. The Labute approximate surface area is 168 Å². The minimum atomic E-state index is -1.06. The van der Waals surface area contributed by atoms with Gasteiger partial charge in [-0.15, -0.1) is 23.5 Å². The Morgan fingerprint density at radius 2 is 1.69 bits per heavy atom. The molecule has 1 aliphatic carbocycles. The molecule has 7 heteroatoms. The first-order valence-electron chi connectivity index (χ1n) is 8.71. The summed E-state index contributed by atoms with van der Waals surface area (Å²) >= 11 is 9.35. The molecule has 3 atom stereocenters. The highest BCUT2D eigenvalue weighted by Gasteiger charge is 2.91. The van der Waals surface area contributed by atoms with Gasteiger partial charge in [-0.3, -0.25) is 0 Å². The molecule has 0 bridgehead atoms. The van der Waals surface area contributed by atoms with Crippen molar-refractivity contribution < 1.29 is 0 Å². The summed E-state index contributed by atoms with van der Waals surface area (Å²) in [6, 6.07) is 12.3. The summed E-state index contributed by atoms with van der Waals surface area (Å²) < 4.78 is -0.738. The largest absolute Gasteiger partial charge is 0.386 e. The molecule has 0 radical (unpaired) electrons. The molecule has 1 fully saturated rings. The van der Waals surface area contributed by atoms with Crippen LogP contribution in [0, 0.1) is 33.5 Å². The summed E-state index contributed by atoms with van der Waals surface area (Å²) in [6.07, 6.45) is 1.95. The van der Waals surface area contributed by atoms with E-state index in [0.29, 0.717) is 10.9 Å². The standard InChI is InChI=1S/C19H21ClN4S2/c1-3-9-25-19(26-10-4-2)18(12-22)15(13-5-7-14(20)8-6-13)17(18,11-21)16(23)24-19/h5-8,15H,3-4,9-10H2,1-2H3,(H2,23,24). The van der Waals surface area contributed by atoms with Crippen molar-refractivity contribution in [3.05, 3.63) is 34.9 Å². The highest BCUT2D eigenvalue weighted by Crippen LogP contribution is 2.85. The summed E-state index contributed by atoms with van der Waals surface area (Å²) in [5, 5.41) is 21.0. The Hall–Kier alpha value is -1.34. The number of thioether (sulfide) groups is 2. The third-order valence-electron chi connectivity index (χ3n) is 5.13. The van der Waals surface area contributed by atoms with Gasteiger partial charge < -0.3 is 5.73 Å². The van der Waals surface area contributed by atoms with Crippen molar-refractivity contribution in [3.8, 4) is 12.1 Å². The van der Waals surface area contributed by atoms with Crippen LogP contribution in [0.25, 0.3) is 0 Å². The molecule has 3 unspecified atom stereocenters. The van der Waals surface area contributed by atoms with E-state index < -0.39 is 15.0 Å². The monoisotopic (exact) mass is 404 g/mol. The smallest absolute Gasteiger partial charge is 0.175 e. The van der Waals surface area contributed by atoms with E-state index in [1.165, 1.54) is 0 Å². The number of halogens is 1. The third kappa shape index (κ3) is 2.32. The fraction of sp³-hybridized carbons (Fsp3) is 0.526. The Bertz CT molecular complexity index is 802. The summed E-state index contributed by atoms with van der Waals surface area (Å²) in [5.74, 6) is 1.75. The molecule has 2 N–H and O–H groups in total. The zero-order valence-electron chi connectivity index (χ0n) is 14.8. The van der Waals surface area contributed by atoms with Crippen LogP contribution >= 0.6 is 35.1 Å². The maximum absolute atomic E-state index is 10.3. The number of amidine groups is 1. The Morgan fingerprint density at radius 1 is 1.12 bits per heavy atom. The van der Waals surface area contributed by atoms with E-state index in [1.807, 2.05) is 12.1 Å². The second-order valence-corrected chi connectivity index (χ2v) is 9.87. The lowest BCUT2D eigenvalue weighted by atomic mass is 9.97. The van der Waals surface area contributed by atoms with Gasteiger partial charge in [0.2, 0.25) is 0 Å². The molecule has 0 saturated heterocycles. The van der Waals surface area contributed by atoms with E-state index in [4.69, 9.17) is 22.3 Å². The zero-order chi connectivity index (χ0) is 19.0. The van der Waals surface area contributed by atoms with E-state index in [1.54, 1.807) is 35.7 Å². The van der Waals surface area contributed by atoms with Crippen LogP contribution < -0.4 is 5.73 Å². The molecule has 1 aromatic rings. The molecule has 4 nitrogen and oxygen atoms in total. The summed E-state index contributed by atoms with van der Waals surface area (Å²) in [5.41, 5.74) is 5.24. The highest BCUT2D eigenvalue weighted by molar-refractivity contribution is 8.18. The topological polar surface area (TPSA) is 86.0 Å². The number of hydrogen-bond acceptors (Lipinski definition) is 6. The van der Waals surface area contributed by atoms with Gasteiger partial charge in [0.15, 0.2) is 4.20 Å². The van der Waals surface area contributed by atoms with E-state index >= 15 is 0 Å². The van der Waals surface area contributed by atoms with Crippen molar-refractivity contribution in [2.24, 2.45) is 21.6 Å². The first-order valence-corrected chi connectivity index (χ1v) is 11.1. The number of nitriles is 2. The molecular formula is C19H21ClN4S2. The fourth-order valence-electron chi connectivity index (χ4n) is 3.99. The molecule has 2 aliphatic rings. The van der Waals surface area contributed by atoms with Crippen LogP contribution in [0.3, 0.4) is 0 Å². The van der Waals surface area contributed by atoms with E-state index in [0.717, 1.165) is 29.9 Å². The normalized spacial score (nSPS) is 30.8. The second kappa shape index (κ2) is 7.00. The number of nitrogens with two attached hydrogens (primary N) is 1. The van der Waals surface area contributed by atoms with Crippen molar-refractivity contribution in [1.82, 2.24) is 0 Å². The lowest BCUT2D eigenvalue weighted by molar-refractivity contribution is 0.563. The van der Waals surface area contributed by atoms with Gasteiger partial charge in [-0.25, -0.2) is 4.99 Å². The maximum Gasteiger partial charge on any atom is 0.175 e. The van der Waals surface area contributed by atoms with Crippen LogP contribution in [0.1, 0.15) is 38.2 Å². The van der Waals surface area contributed by atoms with Crippen molar-refractivity contribution >= 4 is 41.0 Å². The van der Waals surface area contributed by atoms with Crippen LogP contribution in [0.4, 0.5) is 0 Å². The van der Waals surface area contributed by atoms with Gasteiger partial charge in [-0.05, 0) is 42.0 Å². The van der Waals surface area contributed by atoms with Crippen molar-refractivity contribution in [2.45, 2.75) is 36.8 Å². The van der Waals surface area contributed by atoms with Gasteiger partial charge in [-0.2, -0.15) is 10.5 Å². The molecule has 136 valence electrons. The molecular weight excluding hydrogens is 384 g/mol. The van der Waals surface area contributed by atoms with Gasteiger partial charge in [-0.1, -0.05) is 37.6 Å². The Morgan fingerprint density at radius 3 is 2.15 bits per heavy atom. The first kappa shape index (κ1) is 19.4. The van der Waals surface area contributed by atoms with E-state index in [-0.39, 0.29) is 5.92 Å². The molecule has 0 aromatic heterocycles. The average Bonchev–Trinajstić information content (AvgIpc) is 3.23. The lowest BCUT2D eigenvalue weighted by Crippen LogP contribution is -2.32. The molecule has 26 heavy (non-hydrogen) atoms. The predicted octanol–water partition coefficient (Wildman–Crippen LogP) is 4.77. The van der Waals surface area contributed by atoms with Crippen molar-refractivity contribution in [2.75, 3.05) is 11.5 Å². The van der Waals surface area contributed by atoms with E-state index in [2.05, 4.69) is 26.0 Å². The molecule has 0 amide bonds. The van der Waals surface area contributed by atoms with Crippen molar-refractivity contribution in [1.29, 1.82) is 10.5 Å². The third-order valence-corrected chi connectivity index (χ3v) is 8.93. The molecule has 3 rings (SSSR count). The average molecular weight is 405 g/mol.